The zero-order chi connectivity index (χ0) is 19.6. The lowest BCUT2D eigenvalue weighted by Gasteiger charge is -2.12. The molecule has 0 fully saturated rings. The van der Waals surface area contributed by atoms with Crippen molar-refractivity contribution in [2.75, 3.05) is 20.1 Å². The summed E-state index contributed by atoms with van der Waals surface area (Å²) in [5, 5.41) is 9.29. The zero-order valence-corrected chi connectivity index (χ0v) is 17.7. The molecule has 0 aliphatic rings. The predicted molar refractivity (Wildman–Crippen MR) is 115 cm³/mol. The molecule has 0 aliphatic heterocycles. The number of rotatable bonds is 7. The lowest BCUT2D eigenvalue weighted by atomic mass is 10.1. The molecule has 2 aromatic carbocycles. The summed E-state index contributed by atoms with van der Waals surface area (Å²) in [6.07, 6.45) is 0.812. The summed E-state index contributed by atoms with van der Waals surface area (Å²) < 4.78 is 1.08. The van der Waals surface area contributed by atoms with E-state index in [1.165, 1.54) is 11.1 Å². The van der Waals surface area contributed by atoms with Gasteiger partial charge in [0.15, 0.2) is 5.96 Å². The van der Waals surface area contributed by atoms with E-state index >= 15 is 0 Å². The number of aliphatic imine (C=N–C) groups is 1. The highest BCUT2D eigenvalue weighted by molar-refractivity contribution is 9.10. The second-order valence-corrected chi connectivity index (χ2v) is 7.14. The first-order valence-corrected chi connectivity index (χ1v) is 9.91. The molecule has 1 amide bonds. The number of halogens is 1. The third-order valence-electron chi connectivity index (χ3n) is 4.18. The van der Waals surface area contributed by atoms with E-state index in [9.17, 15) is 4.79 Å². The van der Waals surface area contributed by atoms with Crippen LogP contribution < -0.4 is 16.0 Å². The van der Waals surface area contributed by atoms with E-state index in [4.69, 9.17) is 0 Å². The number of carbonyl (C=O) groups is 1. The first-order chi connectivity index (χ1) is 13.0. The van der Waals surface area contributed by atoms with Crippen LogP contribution in [-0.2, 0) is 13.0 Å². The summed E-state index contributed by atoms with van der Waals surface area (Å²) in [4.78, 5) is 16.4. The fourth-order valence-electron chi connectivity index (χ4n) is 2.68. The molecule has 0 saturated carbocycles. The van der Waals surface area contributed by atoms with Crippen LogP contribution in [0, 0.1) is 6.92 Å². The predicted octanol–water partition coefficient (Wildman–Crippen LogP) is 3.41. The highest BCUT2D eigenvalue weighted by Crippen LogP contribution is 2.16. The quantitative estimate of drug-likeness (QED) is 0.465. The van der Waals surface area contributed by atoms with Gasteiger partial charge in [0.1, 0.15) is 0 Å². The second-order valence-electron chi connectivity index (χ2n) is 6.22. The molecule has 5 nitrogen and oxygen atoms in total. The van der Waals surface area contributed by atoms with Gasteiger partial charge in [0, 0.05) is 30.2 Å². The topological polar surface area (TPSA) is 65.5 Å². The summed E-state index contributed by atoms with van der Waals surface area (Å²) in [5.74, 6) is 0.729. The summed E-state index contributed by atoms with van der Waals surface area (Å²) in [5.41, 5.74) is 4.22. The van der Waals surface area contributed by atoms with E-state index in [1.54, 1.807) is 7.05 Å². The van der Waals surface area contributed by atoms with Gasteiger partial charge in [-0.1, -0.05) is 34.1 Å². The number of hydrogen-bond acceptors (Lipinski definition) is 2. The standard InChI is InChI=1S/C21H27BrN4O/c1-4-24-21(26-14-18-8-9-19(22)12-15(18)2)25-11-10-16-6-5-7-17(13-16)20(27)23-3/h5-9,12-13H,4,10-11,14H2,1-3H3,(H,23,27)(H2,24,25,26). The number of carbonyl (C=O) groups excluding carboxylic acids is 1. The van der Waals surface area contributed by atoms with E-state index in [0.29, 0.717) is 12.1 Å². The van der Waals surface area contributed by atoms with E-state index in [0.717, 1.165) is 35.5 Å². The Morgan fingerprint density at radius 2 is 1.96 bits per heavy atom. The van der Waals surface area contributed by atoms with Crippen LogP contribution in [0.2, 0.25) is 0 Å². The fourth-order valence-corrected chi connectivity index (χ4v) is 3.16. The third-order valence-corrected chi connectivity index (χ3v) is 4.67. The van der Waals surface area contributed by atoms with Gasteiger partial charge in [0.05, 0.1) is 6.54 Å². The molecule has 27 heavy (non-hydrogen) atoms. The first-order valence-electron chi connectivity index (χ1n) is 9.11. The summed E-state index contributed by atoms with van der Waals surface area (Å²) in [7, 11) is 1.64. The van der Waals surface area contributed by atoms with E-state index in [1.807, 2.05) is 30.3 Å². The fraction of sp³-hybridized carbons (Fsp3) is 0.333. The van der Waals surface area contributed by atoms with Crippen molar-refractivity contribution in [3.05, 3.63) is 69.2 Å². The number of nitrogens with zero attached hydrogens (tertiary/aromatic N) is 1. The Hall–Kier alpha value is -2.34. The van der Waals surface area contributed by atoms with Crippen molar-refractivity contribution in [3.8, 4) is 0 Å². The maximum atomic E-state index is 11.7. The van der Waals surface area contributed by atoms with Gasteiger partial charge in [-0.25, -0.2) is 4.99 Å². The Morgan fingerprint density at radius 1 is 1.15 bits per heavy atom. The van der Waals surface area contributed by atoms with Crippen molar-refractivity contribution in [2.45, 2.75) is 26.8 Å². The van der Waals surface area contributed by atoms with Crippen molar-refractivity contribution < 1.29 is 4.79 Å². The molecule has 3 N–H and O–H groups in total. The first kappa shape index (κ1) is 21.0. The number of hydrogen-bond donors (Lipinski definition) is 3. The lowest BCUT2D eigenvalue weighted by molar-refractivity contribution is 0.0963. The van der Waals surface area contributed by atoms with Crippen LogP contribution >= 0.6 is 15.9 Å². The van der Waals surface area contributed by atoms with Crippen LogP contribution in [0.25, 0.3) is 0 Å². The van der Waals surface area contributed by atoms with E-state index in [2.05, 4.69) is 62.9 Å². The van der Waals surface area contributed by atoms with Gasteiger partial charge in [-0.2, -0.15) is 0 Å². The minimum Gasteiger partial charge on any atom is -0.357 e. The zero-order valence-electron chi connectivity index (χ0n) is 16.1. The van der Waals surface area contributed by atoms with Crippen molar-refractivity contribution in [1.82, 2.24) is 16.0 Å². The van der Waals surface area contributed by atoms with Crippen molar-refractivity contribution in [3.63, 3.8) is 0 Å². The third kappa shape index (κ3) is 6.71. The Bertz CT molecular complexity index is 805. The van der Waals surface area contributed by atoms with Crippen LogP contribution in [0.5, 0.6) is 0 Å². The molecule has 2 rings (SSSR count). The minimum absolute atomic E-state index is 0.0652. The van der Waals surface area contributed by atoms with Crippen LogP contribution in [-0.4, -0.2) is 32.0 Å². The molecular formula is C21H27BrN4O. The number of benzene rings is 2. The molecule has 0 bridgehead atoms. The molecule has 0 aromatic heterocycles. The van der Waals surface area contributed by atoms with Crippen LogP contribution in [0.15, 0.2) is 51.9 Å². The molecule has 0 spiro atoms. The summed E-state index contributed by atoms with van der Waals surface area (Å²) in [6.45, 7) is 6.31. The largest absolute Gasteiger partial charge is 0.357 e. The number of guanidine groups is 1. The molecule has 6 heteroatoms. The smallest absolute Gasteiger partial charge is 0.251 e. The van der Waals surface area contributed by atoms with Crippen molar-refractivity contribution >= 4 is 27.8 Å². The van der Waals surface area contributed by atoms with Crippen LogP contribution in [0.4, 0.5) is 0 Å². The molecule has 0 atom stereocenters. The van der Waals surface area contributed by atoms with Gasteiger partial charge >= 0.3 is 0 Å². The van der Waals surface area contributed by atoms with Crippen molar-refractivity contribution in [2.24, 2.45) is 4.99 Å². The van der Waals surface area contributed by atoms with Gasteiger partial charge in [-0.05, 0) is 61.2 Å². The van der Waals surface area contributed by atoms with Gasteiger partial charge in [-0.3, -0.25) is 4.79 Å². The Balaban J connectivity index is 1.95. The minimum atomic E-state index is -0.0652. The average molecular weight is 431 g/mol. The monoisotopic (exact) mass is 430 g/mol. The number of amides is 1. The van der Waals surface area contributed by atoms with Gasteiger partial charge in [-0.15, -0.1) is 0 Å². The molecule has 0 unspecified atom stereocenters. The number of nitrogens with one attached hydrogen (secondary N) is 3. The number of aryl methyl sites for hydroxylation is 1. The Kier molecular flexibility index (Phi) is 8.33. The molecule has 0 saturated heterocycles. The molecule has 0 aliphatic carbocycles. The molecule has 0 radical (unpaired) electrons. The lowest BCUT2D eigenvalue weighted by Crippen LogP contribution is -2.38. The SMILES string of the molecule is CCNC(=NCc1ccc(Br)cc1C)NCCc1cccc(C(=O)NC)c1. The Labute approximate surface area is 169 Å². The summed E-state index contributed by atoms with van der Waals surface area (Å²) >= 11 is 3.49. The van der Waals surface area contributed by atoms with E-state index < -0.39 is 0 Å². The van der Waals surface area contributed by atoms with Gasteiger partial charge in [0.2, 0.25) is 0 Å². The highest BCUT2D eigenvalue weighted by atomic mass is 79.9. The van der Waals surface area contributed by atoms with Crippen LogP contribution in [0.3, 0.4) is 0 Å². The normalized spacial score (nSPS) is 11.2. The second kappa shape index (κ2) is 10.7. The van der Waals surface area contributed by atoms with E-state index in [-0.39, 0.29) is 5.91 Å². The van der Waals surface area contributed by atoms with Gasteiger partial charge in [0.25, 0.3) is 5.91 Å². The van der Waals surface area contributed by atoms with Crippen LogP contribution in [0.1, 0.15) is 34.0 Å². The highest BCUT2D eigenvalue weighted by Gasteiger charge is 2.04. The maximum Gasteiger partial charge on any atom is 0.251 e. The van der Waals surface area contributed by atoms with Gasteiger partial charge < -0.3 is 16.0 Å². The van der Waals surface area contributed by atoms with Crippen molar-refractivity contribution in [1.29, 1.82) is 0 Å². The average Bonchev–Trinajstić information content (AvgIpc) is 2.66. The molecule has 2 aromatic rings. The molecular weight excluding hydrogens is 404 g/mol. The Morgan fingerprint density at radius 3 is 2.67 bits per heavy atom. The summed E-state index contributed by atoms with van der Waals surface area (Å²) in [6, 6.07) is 13.9. The maximum absolute atomic E-state index is 11.7. The molecule has 0 heterocycles. The molecule has 144 valence electrons.